The van der Waals surface area contributed by atoms with Crippen molar-refractivity contribution in [1.82, 2.24) is 5.32 Å². The van der Waals surface area contributed by atoms with Gasteiger partial charge < -0.3 is 5.32 Å². The van der Waals surface area contributed by atoms with Crippen LogP contribution in [-0.2, 0) is 11.2 Å². The van der Waals surface area contributed by atoms with Gasteiger partial charge in [0.05, 0.1) is 6.42 Å². The lowest BCUT2D eigenvalue weighted by atomic mass is 10.1. The van der Waals surface area contributed by atoms with E-state index in [0.717, 1.165) is 0 Å². The van der Waals surface area contributed by atoms with Gasteiger partial charge in [-0.05, 0) is 32.4 Å². The molecule has 1 aromatic carbocycles. The molecule has 82 valence electrons. The van der Waals surface area contributed by atoms with E-state index in [1.54, 1.807) is 18.2 Å². The van der Waals surface area contributed by atoms with Gasteiger partial charge in [0.2, 0.25) is 5.91 Å². The Hall–Kier alpha value is -1.38. The first-order valence-corrected chi connectivity index (χ1v) is 4.93. The van der Waals surface area contributed by atoms with Crippen molar-refractivity contribution >= 4 is 5.91 Å². The van der Waals surface area contributed by atoms with Crippen LogP contribution in [0, 0.1) is 5.82 Å². The first-order chi connectivity index (χ1) is 6.88. The van der Waals surface area contributed by atoms with Crippen molar-refractivity contribution in [3.05, 3.63) is 35.6 Å². The third kappa shape index (κ3) is 4.11. The molecule has 1 amide bonds. The van der Waals surface area contributed by atoms with Gasteiger partial charge in [-0.15, -0.1) is 0 Å². The molecule has 0 radical (unpaired) electrons. The molecule has 0 saturated carbocycles. The van der Waals surface area contributed by atoms with Crippen LogP contribution in [0.15, 0.2) is 24.3 Å². The summed E-state index contributed by atoms with van der Waals surface area (Å²) in [6.07, 6.45) is 0.0872. The Kier molecular flexibility index (Phi) is 3.45. The van der Waals surface area contributed by atoms with E-state index in [-0.39, 0.29) is 23.7 Å². The van der Waals surface area contributed by atoms with Crippen LogP contribution < -0.4 is 5.32 Å². The summed E-state index contributed by atoms with van der Waals surface area (Å²) in [5.74, 6) is -0.492. The maximum atomic E-state index is 13.2. The van der Waals surface area contributed by atoms with Gasteiger partial charge in [0.1, 0.15) is 5.82 Å². The van der Waals surface area contributed by atoms with Gasteiger partial charge in [0.25, 0.3) is 0 Å². The van der Waals surface area contributed by atoms with Gasteiger partial charge >= 0.3 is 0 Å². The van der Waals surface area contributed by atoms with Gasteiger partial charge in [0, 0.05) is 5.54 Å². The fourth-order valence-electron chi connectivity index (χ4n) is 1.28. The minimum absolute atomic E-state index is 0.0872. The second-order valence-corrected chi connectivity index (χ2v) is 4.57. The molecule has 2 nitrogen and oxygen atoms in total. The van der Waals surface area contributed by atoms with E-state index in [2.05, 4.69) is 5.32 Å². The first-order valence-electron chi connectivity index (χ1n) is 4.93. The molecule has 0 fully saturated rings. The summed E-state index contributed by atoms with van der Waals surface area (Å²) in [7, 11) is 0. The van der Waals surface area contributed by atoms with Crippen LogP contribution in [0.4, 0.5) is 4.39 Å². The highest BCUT2D eigenvalue weighted by Crippen LogP contribution is 2.08. The summed E-state index contributed by atoms with van der Waals surface area (Å²) >= 11 is 0. The Morgan fingerprint density at radius 3 is 2.47 bits per heavy atom. The zero-order valence-electron chi connectivity index (χ0n) is 9.30. The van der Waals surface area contributed by atoms with Crippen molar-refractivity contribution in [2.75, 3.05) is 0 Å². The lowest BCUT2D eigenvalue weighted by Crippen LogP contribution is -2.41. The molecule has 0 aliphatic carbocycles. The molecule has 1 aromatic rings. The smallest absolute Gasteiger partial charge is 0.224 e. The summed E-state index contributed by atoms with van der Waals surface area (Å²) in [5.41, 5.74) is 0.154. The lowest BCUT2D eigenvalue weighted by Gasteiger charge is -2.20. The highest BCUT2D eigenvalue weighted by Gasteiger charge is 2.14. The third-order valence-corrected chi connectivity index (χ3v) is 1.82. The van der Waals surface area contributed by atoms with Crippen molar-refractivity contribution in [1.29, 1.82) is 0 Å². The number of carbonyl (C=O) groups is 1. The van der Waals surface area contributed by atoms with Crippen LogP contribution in [0.2, 0.25) is 0 Å². The van der Waals surface area contributed by atoms with Gasteiger partial charge in [-0.1, -0.05) is 18.2 Å². The molecular formula is C12H16FNO. The van der Waals surface area contributed by atoms with Gasteiger partial charge in [-0.2, -0.15) is 0 Å². The number of hydrogen-bond donors (Lipinski definition) is 1. The molecule has 1 N–H and O–H groups in total. The second-order valence-electron chi connectivity index (χ2n) is 4.57. The molecule has 0 atom stereocenters. The average Bonchev–Trinajstić information content (AvgIpc) is 2.05. The van der Waals surface area contributed by atoms with E-state index in [1.165, 1.54) is 6.07 Å². The SMILES string of the molecule is CC(C)(C)NC(=O)Cc1ccccc1F. The van der Waals surface area contributed by atoms with E-state index in [1.807, 2.05) is 20.8 Å². The minimum atomic E-state index is -0.332. The van der Waals surface area contributed by atoms with Gasteiger partial charge in [0.15, 0.2) is 0 Å². The molecule has 0 aliphatic heterocycles. The largest absolute Gasteiger partial charge is 0.351 e. The van der Waals surface area contributed by atoms with Crippen molar-refractivity contribution in [2.24, 2.45) is 0 Å². The molecule has 1 rings (SSSR count). The van der Waals surface area contributed by atoms with E-state index in [4.69, 9.17) is 0 Å². The van der Waals surface area contributed by atoms with Crippen molar-refractivity contribution in [3.63, 3.8) is 0 Å². The summed E-state index contributed by atoms with van der Waals surface area (Å²) in [4.78, 5) is 11.5. The number of nitrogens with one attached hydrogen (secondary N) is 1. The molecule has 0 aromatic heterocycles. The number of amides is 1. The molecule has 0 unspecified atom stereocenters. The van der Waals surface area contributed by atoms with Crippen LogP contribution in [0.1, 0.15) is 26.3 Å². The van der Waals surface area contributed by atoms with E-state index in [0.29, 0.717) is 5.56 Å². The highest BCUT2D eigenvalue weighted by atomic mass is 19.1. The Balaban J connectivity index is 2.64. The first kappa shape index (κ1) is 11.7. The Bertz CT molecular complexity index is 355. The normalized spacial score (nSPS) is 11.2. The summed E-state index contributed by atoms with van der Waals surface area (Å²) < 4.78 is 13.2. The fourth-order valence-corrected chi connectivity index (χ4v) is 1.28. The molecule has 15 heavy (non-hydrogen) atoms. The Morgan fingerprint density at radius 1 is 1.33 bits per heavy atom. The van der Waals surface area contributed by atoms with Crippen LogP contribution in [0.3, 0.4) is 0 Å². The van der Waals surface area contributed by atoms with Crippen LogP contribution in [-0.4, -0.2) is 11.4 Å². The van der Waals surface area contributed by atoms with Crippen LogP contribution >= 0.6 is 0 Å². The van der Waals surface area contributed by atoms with Crippen LogP contribution in [0.5, 0.6) is 0 Å². The van der Waals surface area contributed by atoms with Crippen molar-refractivity contribution < 1.29 is 9.18 Å². The molecule has 0 heterocycles. The Labute approximate surface area is 89.5 Å². The molecule has 0 bridgehead atoms. The standard InChI is InChI=1S/C12H16FNO/c1-12(2,3)14-11(15)8-9-6-4-5-7-10(9)13/h4-7H,8H2,1-3H3,(H,14,15). The molecule has 3 heteroatoms. The number of halogens is 1. The van der Waals surface area contributed by atoms with Crippen molar-refractivity contribution in [3.8, 4) is 0 Å². The number of hydrogen-bond acceptors (Lipinski definition) is 1. The average molecular weight is 209 g/mol. The van der Waals surface area contributed by atoms with Gasteiger partial charge in [-0.25, -0.2) is 4.39 Å². The monoisotopic (exact) mass is 209 g/mol. The summed E-state index contributed by atoms with van der Waals surface area (Å²) in [6, 6.07) is 6.32. The molecule has 0 saturated heterocycles. The van der Waals surface area contributed by atoms with E-state index >= 15 is 0 Å². The zero-order chi connectivity index (χ0) is 11.5. The highest BCUT2D eigenvalue weighted by molar-refractivity contribution is 5.79. The molecule has 0 aliphatic rings. The fraction of sp³-hybridized carbons (Fsp3) is 0.417. The molecule has 0 spiro atoms. The summed E-state index contributed by atoms with van der Waals surface area (Å²) in [5, 5.41) is 2.79. The quantitative estimate of drug-likeness (QED) is 0.795. The maximum absolute atomic E-state index is 13.2. The Morgan fingerprint density at radius 2 is 1.93 bits per heavy atom. The minimum Gasteiger partial charge on any atom is -0.351 e. The topological polar surface area (TPSA) is 29.1 Å². The lowest BCUT2D eigenvalue weighted by molar-refractivity contribution is -0.121. The molecular weight excluding hydrogens is 193 g/mol. The van der Waals surface area contributed by atoms with E-state index in [9.17, 15) is 9.18 Å². The second kappa shape index (κ2) is 4.43. The predicted molar refractivity (Wildman–Crippen MR) is 58.0 cm³/mol. The van der Waals surface area contributed by atoms with Crippen molar-refractivity contribution in [2.45, 2.75) is 32.7 Å². The number of carbonyl (C=O) groups excluding carboxylic acids is 1. The van der Waals surface area contributed by atoms with E-state index < -0.39 is 0 Å². The zero-order valence-corrected chi connectivity index (χ0v) is 9.30. The van der Waals surface area contributed by atoms with Gasteiger partial charge in [-0.3, -0.25) is 4.79 Å². The third-order valence-electron chi connectivity index (χ3n) is 1.82. The van der Waals surface area contributed by atoms with Crippen LogP contribution in [0.25, 0.3) is 0 Å². The number of rotatable bonds is 2. The maximum Gasteiger partial charge on any atom is 0.224 e. The summed E-state index contributed by atoms with van der Waals surface area (Å²) in [6.45, 7) is 5.69. The predicted octanol–water partition coefficient (Wildman–Crippen LogP) is 2.28. The number of benzene rings is 1.